The fourth-order valence-electron chi connectivity index (χ4n) is 5.50. The SMILES string of the molecule is C[C@@H]1Cc2ncnc(N3CCC34CN(CS(=O)[O-])C4)c2CN1c1cc(Cl)nc2[nH]ccc12. The van der Waals surface area contributed by atoms with Gasteiger partial charge in [-0.2, -0.15) is 0 Å². The first-order chi connectivity index (χ1) is 15.4. The Kier molecular flexibility index (Phi) is 4.69. The predicted molar refractivity (Wildman–Crippen MR) is 123 cm³/mol. The Morgan fingerprint density at radius 3 is 2.97 bits per heavy atom. The van der Waals surface area contributed by atoms with Crippen molar-refractivity contribution in [3.63, 3.8) is 0 Å². The quantitative estimate of drug-likeness (QED) is 0.454. The Morgan fingerprint density at radius 1 is 1.38 bits per heavy atom. The molecule has 1 unspecified atom stereocenters. The van der Waals surface area contributed by atoms with Crippen LogP contribution in [0.1, 0.15) is 24.6 Å². The summed E-state index contributed by atoms with van der Waals surface area (Å²) in [5.41, 5.74) is 4.06. The maximum atomic E-state index is 11.1. The number of halogens is 1. The zero-order valence-electron chi connectivity index (χ0n) is 17.6. The monoisotopic (exact) mass is 472 g/mol. The largest absolute Gasteiger partial charge is 0.771 e. The number of pyridine rings is 1. The van der Waals surface area contributed by atoms with Crippen molar-refractivity contribution < 1.29 is 8.76 Å². The molecule has 168 valence electrons. The van der Waals surface area contributed by atoms with E-state index in [2.05, 4.69) is 31.7 Å². The van der Waals surface area contributed by atoms with Crippen LogP contribution in [-0.2, 0) is 24.0 Å². The summed E-state index contributed by atoms with van der Waals surface area (Å²) in [5, 5.41) is 1.51. The summed E-state index contributed by atoms with van der Waals surface area (Å²) in [6.45, 7) is 5.33. The third kappa shape index (κ3) is 3.12. The number of aromatic amines is 1. The first-order valence-electron chi connectivity index (χ1n) is 10.7. The lowest BCUT2D eigenvalue weighted by atomic mass is 9.77. The zero-order valence-corrected chi connectivity index (χ0v) is 19.2. The predicted octanol–water partition coefficient (Wildman–Crippen LogP) is 2.06. The van der Waals surface area contributed by atoms with Crippen LogP contribution in [-0.4, -0.2) is 70.7 Å². The van der Waals surface area contributed by atoms with Crippen LogP contribution in [0.5, 0.6) is 0 Å². The summed E-state index contributed by atoms with van der Waals surface area (Å²) in [7, 11) is 0. The first-order valence-corrected chi connectivity index (χ1v) is 12.3. The average Bonchev–Trinajstić information content (AvgIpc) is 3.16. The van der Waals surface area contributed by atoms with Crippen molar-refractivity contribution in [2.24, 2.45) is 0 Å². The van der Waals surface area contributed by atoms with Gasteiger partial charge in [0, 0.05) is 55.8 Å². The second-order valence-electron chi connectivity index (χ2n) is 9.05. The van der Waals surface area contributed by atoms with Crippen molar-refractivity contribution in [3.8, 4) is 0 Å². The van der Waals surface area contributed by atoms with E-state index >= 15 is 0 Å². The molecule has 2 saturated heterocycles. The Hall–Kier alpha value is -2.27. The normalized spacial score (nSPS) is 23.2. The van der Waals surface area contributed by atoms with Crippen LogP contribution in [0.3, 0.4) is 0 Å². The summed E-state index contributed by atoms with van der Waals surface area (Å²) in [6.07, 6.45) is 5.42. The molecule has 0 bridgehead atoms. The van der Waals surface area contributed by atoms with Crippen LogP contribution < -0.4 is 9.80 Å². The van der Waals surface area contributed by atoms with Crippen LogP contribution in [0.2, 0.25) is 5.15 Å². The summed E-state index contributed by atoms with van der Waals surface area (Å²) in [4.78, 5) is 23.6. The smallest absolute Gasteiger partial charge is 0.141 e. The summed E-state index contributed by atoms with van der Waals surface area (Å²) in [6, 6.07) is 4.21. The number of hydrogen-bond donors (Lipinski definition) is 1. The van der Waals surface area contributed by atoms with Gasteiger partial charge in [-0.1, -0.05) is 11.6 Å². The fraction of sp³-hybridized carbons (Fsp3) is 0.476. The topological polar surface area (TPSA) is 104 Å². The number of fused-ring (bicyclic) bond motifs is 2. The van der Waals surface area contributed by atoms with Crippen molar-refractivity contribution in [1.82, 2.24) is 24.8 Å². The molecule has 0 saturated carbocycles. The number of nitrogens with zero attached hydrogens (tertiary/aromatic N) is 6. The molecule has 2 atom stereocenters. The molecule has 3 aliphatic heterocycles. The molecule has 3 aromatic rings. The van der Waals surface area contributed by atoms with Gasteiger partial charge in [-0.05, 0) is 36.6 Å². The van der Waals surface area contributed by atoms with Crippen LogP contribution in [0, 0.1) is 0 Å². The molecule has 0 aliphatic carbocycles. The molecule has 0 radical (unpaired) electrons. The fourth-order valence-corrected chi connectivity index (χ4v) is 6.17. The molecule has 32 heavy (non-hydrogen) atoms. The third-order valence-corrected chi connectivity index (χ3v) is 7.87. The Balaban J connectivity index is 1.33. The number of anilines is 2. The zero-order chi connectivity index (χ0) is 22.0. The second-order valence-corrected chi connectivity index (χ2v) is 10.3. The molecule has 1 spiro atoms. The molecule has 3 aromatic heterocycles. The highest BCUT2D eigenvalue weighted by Gasteiger charge is 2.54. The van der Waals surface area contributed by atoms with Gasteiger partial charge in [-0.3, -0.25) is 9.11 Å². The number of likely N-dealkylation sites (tertiary alicyclic amines) is 1. The van der Waals surface area contributed by atoms with Gasteiger partial charge in [0.25, 0.3) is 0 Å². The lowest BCUT2D eigenvalue weighted by Gasteiger charge is -2.63. The Labute approximate surface area is 193 Å². The minimum atomic E-state index is -2.05. The minimum Gasteiger partial charge on any atom is -0.771 e. The number of rotatable bonds is 4. The minimum absolute atomic E-state index is 0.0106. The number of H-pyrrole nitrogens is 1. The molecule has 1 N–H and O–H groups in total. The van der Waals surface area contributed by atoms with Gasteiger partial charge in [0.05, 0.1) is 22.8 Å². The van der Waals surface area contributed by atoms with Crippen molar-refractivity contribution in [2.45, 2.75) is 37.9 Å². The lowest BCUT2D eigenvalue weighted by Crippen LogP contribution is -2.77. The van der Waals surface area contributed by atoms with E-state index in [1.165, 1.54) is 0 Å². The van der Waals surface area contributed by atoms with Crippen molar-refractivity contribution in [2.75, 3.05) is 35.3 Å². The molecule has 2 fully saturated rings. The van der Waals surface area contributed by atoms with Crippen molar-refractivity contribution in [1.29, 1.82) is 0 Å². The van der Waals surface area contributed by atoms with Crippen LogP contribution in [0.4, 0.5) is 11.5 Å². The van der Waals surface area contributed by atoms with E-state index in [1.54, 1.807) is 6.33 Å². The molecule has 6 rings (SSSR count). The molecular formula is C21H23ClN7O2S-. The second kappa shape index (κ2) is 7.38. The van der Waals surface area contributed by atoms with Crippen molar-refractivity contribution >= 4 is 45.2 Å². The summed E-state index contributed by atoms with van der Waals surface area (Å²) in [5.74, 6) is 1.07. The van der Waals surface area contributed by atoms with Gasteiger partial charge in [0.2, 0.25) is 0 Å². The standard InChI is InChI=1S/C21H24ClN7O2S/c1-13-6-16-15(8-28(13)17-7-18(22)26-19-14(17)2-4-23-19)20(25-11-24-16)29-5-3-21(29)9-27(10-21)12-32(30)31/h2,4,7,11,13H,3,5-6,8-10,12H2,1H3,(H,23,26)(H,30,31)/p-1/t13-/m1/s1. The number of hydrogen-bond acceptors (Lipinski definition) is 8. The Bertz CT molecular complexity index is 1230. The van der Waals surface area contributed by atoms with E-state index in [4.69, 9.17) is 16.6 Å². The number of aromatic nitrogens is 4. The lowest BCUT2D eigenvalue weighted by molar-refractivity contribution is 0.0385. The van der Waals surface area contributed by atoms with E-state index in [1.807, 2.05) is 23.2 Å². The summed E-state index contributed by atoms with van der Waals surface area (Å²) < 4.78 is 22.1. The van der Waals surface area contributed by atoms with Gasteiger partial charge in [0.15, 0.2) is 0 Å². The van der Waals surface area contributed by atoms with E-state index in [0.717, 1.165) is 66.3 Å². The highest BCUT2D eigenvalue weighted by molar-refractivity contribution is 7.79. The summed E-state index contributed by atoms with van der Waals surface area (Å²) >= 11 is 4.29. The first kappa shape index (κ1) is 20.3. The van der Waals surface area contributed by atoms with E-state index in [-0.39, 0.29) is 17.5 Å². The molecule has 6 heterocycles. The van der Waals surface area contributed by atoms with Crippen LogP contribution in [0.25, 0.3) is 11.0 Å². The van der Waals surface area contributed by atoms with Gasteiger partial charge in [-0.15, -0.1) is 0 Å². The average molecular weight is 473 g/mol. The van der Waals surface area contributed by atoms with Crippen molar-refractivity contribution in [3.05, 3.63) is 41.1 Å². The van der Waals surface area contributed by atoms with Gasteiger partial charge in [-0.25, -0.2) is 15.0 Å². The maximum absolute atomic E-state index is 11.1. The van der Waals surface area contributed by atoms with Crippen LogP contribution in [0.15, 0.2) is 24.7 Å². The number of nitrogens with one attached hydrogen (secondary N) is 1. The van der Waals surface area contributed by atoms with Crippen LogP contribution >= 0.6 is 11.6 Å². The molecule has 3 aliphatic rings. The third-order valence-electron chi connectivity index (χ3n) is 7.10. The van der Waals surface area contributed by atoms with E-state index in [9.17, 15) is 8.76 Å². The van der Waals surface area contributed by atoms with Gasteiger partial charge in [0.1, 0.15) is 22.9 Å². The molecular weight excluding hydrogens is 450 g/mol. The van der Waals surface area contributed by atoms with Gasteiger partial charge < -0.3 is 19.3 Å². The Morgan fingerprint density at radius 2 is 2.22 bits per heavy atom. The highest BCUT2D eigenvalue weighted by Crippen LogP contribution is 2.44. The molecule has 0 aromatic carbocycles. The van der Waals surface area contributed by atoms with E-state index < -0.39 is 11.1 Å². The molecule has 0 amide bonds. The highest BCUT2D eigenvalue weighted by atomic mass is 35.5. The maximum Gasteiger partial charge on any atom is 0.141 e. The van der Waals surface area contributed by atoms with Gasteiger partial charge >= 0.3 is 0 Å². The molecule has 9 nitrogen and oxygen atoms in total. The van der Waals surface area contributed by atoms with E-state index in [0.29, 0.717) is 11.7 Å². The molecule has 11 heteroatoms.